The lowest BCUT2D eigenvalue weighted by molar-refractivity contribution is -0.157. The van der Waals surface area contributed by atoms with Crippen LogP contribution in [-0.4, -0.2) is 62.2 Å². The molecule has 1 spiro atoms. The smallest absolute Gasteiger partial charge is 0.183 e. The van der Waals surface area contributed by atoms with Crippen molar-refractivity contribution in [3.63, 3.8) is 0 Å². The fraction of sp³-hybridized carbons (Fsp3) is 0.440. The zero-order valence-electron chi connectivity index (χ0n) is 18.0. The fourth-order valence-corrected chi connectivity index (χ4v) is 6.54. The Labute approximate surface area is 191 Å². The Bertz CT molecular complexity index is 1110. The van der Waals surface area contributed by atoms with E-state index in [0.717, 1.165) is 40.6 Å². The second-order valence-corrected chi connectivity index (χ2v) is 10.1. The monoisotopic (exact) mass is 455 g/mol. The molecule has 5 N–H and O–H groups in total. The Morgan fingerprint density at radius 3 is 2.53 bits per heavy atom. The van der Waals surface area contributed by atoms with E-state index in [1.807, 2.05) is 6.07 Å². The molecule has 2 aromatic carbocycles. The molecule has 2 aliphatic heterocycles. The van der Waals surface area contributed by atoms with Crippen molar-refractivity contribution in [2.24, 2.45) is 0 Å². The highest BCUT2D eigenvalue weighted by Gasteiger charge is 2.57. The first-order valence-corrected chi connectivity index (χ1v) is 12.0. The topological polar surface area (TPSA) is 106 Å². The van der Waals surface area contributed by atoms with Crippen LogP contribution in [0.1, 0.15) is 34.9 Å². The molecule has 6 nitrogen and oxygen atoms in total. The number of benzene rings is 2. The van der Waals surface area contributed by atoms with Crippen LogP contribution in [0.2, 0.25) is 0 Å². The Hall–Kier alpha value is -1.87. The minimum Gasteiger partial charge on any atom is -0.395 e. The summed E-state index contributed by atoms with van der Waals surface area (Å²) < 4.78 is 6.11. The lowest BCUT2D eigenvalue weighted by atomic mass is 9.92. The Morgan fingerprint density at radius 1 is 1.06 bits per heavy atom. The van der Waals surface area contributed by atoms with Gasteiger partial charge in [-0.05, 0) is 41.5 Å². The first-order chi connectivity index (χ1) is 15.5. The molecular formula is C25H29NO5S. The van der Waals surface area contributed by atoms with Crippen LogP contribution in [-0.2, 0) is 28.9 Å². The number of rotatable bonds is 4. The van der Waals surface area contributed by atoms with Crippen LogP contribution in [0, 0.1) is 0 Å². The molecule has 3 aromatic rings. The summed E-state index contributed by atoms with van der Waals surface area (Å²) in [5.74, 6) is 0. The summed E-state index contributed by atoms with van der Waals surface area (Å²) in [6.45, 7) is 2.20. The van der Waals surface area contributed by atoms with Gasteiger partial charge in [-0.2, -0.15) is 0 Å². The van der Waals surface area contributed by atoms with Crippen LogP contribution in [0.5, 0.6) is 0 Å². The van der Waals surface area contributed by atoms with E-state index in [9.17, 15) is 20.4 Å². The number of aromatic amines is 1. The lowest BCUT2D eigenvalue weighted by Crippen LogP contribution is -2.60. The van der Waals surface area contributed by atoms with Crippen LogP contribution < -0.4 is 0 Å². The van der Waals surface area contributed by atoms with Gasteiger partial charge in [0.25, 0.3) is 0 Å². The maximum Gasteiger partial charge on any atom is 0.183 e. The van der Waals surface area contributed by atoms with Gasteiger partial charge in [0.15, 0.2) is 4.93 Å². The maximum absolute atomic E-state index is 11.0. The molecular weight excluding hydrogens is 426 g/mol. The van der Waals surface area contributed by atoms with Gasteiger partial charge < -0.3 is 30.1 Å². The quantitative estimate of drug-likeness (QED) is 0.413. The predicted octanol–water partition coefficient (Wildman–Crippen LogP) is 2.24. The minimum atomic E-state index is -1.41. The molecule has 170 valence electrons. The van der Waals surface area contributed by atoms with E-state index in [1.54, 1.807) is 0 Å². The van der Waals surface area contributed by atoms with Crippen molar-refractivity contribution in [2.45, 2.75) is 54.7 Å². The number of ether oxygens (including phenoxy) is 1. The number of para-hydroxylation sites is 1. The second-order valence-electron chi connectivity index (χ2n) is 8.70. The number of hydrogen-bond donors (Lipinski definition) is 5. The fourth-order valence-electron chi connectivity index (χ4n) is 5.00. The van der Waals surface area contributed by atoms with Gasteiger partial charge in [-0.1, -0.05) is 49.4 Å². The summed E-state index contributed by atoms with van der Waals surface area (Å²) in [5, 5.41) is 42.0. The lowest BCUT2D eigenvalue weighted by Gasteiger charge is -2.49. The molecule has 1 saturated heterocycles. The molecule has 0 amide bonds. The minimum absolute atomic E-state index is 0.324. The molecule has 0 radical (unpaired) electrons. The first-order valence-electron chi connectivity index (χ1n) is 11.2. The van der Waals surface area contributed by atoms with Crippen molar-refractivity contribution in [3.05, 3.63) is 70.4 Å². The summed E-state index contributed by atoms with van der Waals surface area (Å²) in [5.41, 5.74) is 6.44. The molecule has 2 aliphatic rings. The SMILES string of the molecule is CCc1ccc(Cc2cccc3c4c([nH]c23)C2(OCC4)S[C@H](CO)[C@@H](O)[C@H](O)[C@H]2O)cc1. The molecule has 1 unspecified atom stereocenters. The van der Waals surface area contributed by atoms with Crippen molar-refractivity contribution in [1.29, 1.82) is 0 Å². The average molecular weight is 456 g/mol. The van der Waals surface area contributed by atoms with Crippen LogP contribution in [0.25, 0.3) is 10.9 Å². The van der Waals surface area contributed by atoms with Crippen molar-refractivity contribution in [2.75, 3.05) is 13.2 Å². The number of hydrogen-bond acceptors (Lipinski definition) is 6. The standard InChI is InChI=1S/C25H29NO5S/c1-2-14-6-8-15(9-7-14)12-16-4-3-5-17-18-10-11-31-25(23(18)26-20(16)17)24(30)22(29)21(28)19(13-27)32-25/h3-9,19,21-22,24,26-30H,2,10-13H2,1H3/t19-,21-,22+,24-,25?/m1/s1. The van der Waals surface area contributed by atoms with E-state index in [4.69, 9.17) is 4.74 Å². The van der Waals surface area contributed by atoms with Crippen LogP contribution >= 0.6 is 11.8 Å². The largest absolute Gasteiger partial charge is 0.395 e. The molecule has 0 saturated carbocycles. The van der Waals surface area contributed by atoms with Gasteiger partial charge in [0.2, 0.25) is 0 Å². The van der Waals surface area contributed by atoms with Gasteiger partial charge >= 0.3 is 0 Å². The Kier molecular flexibility index (Phi) is 5.82. The number of fused-ring (bicyclic) bond motifs is 4. The molecule has 0 bridgehead atoms. The second kappa shape index (κ2) is 8.48. The normalized spacial score (nSPS) is 30.0. The molecule has 5 atom stereocenters. The highest BCUT2D eigenvalue weighted by atomic mass is 32.2. The molecule has 1 aromatic heterocycles. The number of nitrogens with one attached hydrogen (secondary N) is 1. The van der Waals surface area contributed by atoms with E-state index in [0.29, 0.717) is 13.0 Å². The third-order valence-electron chi connectivity index (χ3n) is 6.82. The van der Waals surface area contributed by atoms with E-state index in [2.05, 4.69) is 48.3 Å². The predicted molar refractivity (Wildman–Crippen MR) is 125 cm³/mol. The zero-order chi connectivity index (χ0) is 22.5. The maximum atomic E-state index is 11.0. The van der Waals surface area contributed by atoms with Crippen molar-refractivity contribution in [1.82, 2.24) is 4.98 Å². The highest BCUT2D eigenvalue weighted by molar-refractivity contribution is 8.00. The molecule has 1 fully saturated rings. The van der Waals surface area contributed by atoms with E-state index < -0.39 is 28.5 Å². The van der Waals surface area contributed by atoms with Crippen LogP contribution in [0.4, 0.5) is 0 Å². The van der Waals surface area contributed by atoms with E-state index >= 15 is 0 Å². The third kappa shape index (κ3) is 3.39. The van der Waals surface area contributed by atoms with Gasteiger partial charge in [-0.15, -0.1) is 11.8 Å². The zero-order valence-corrected chi connectivity index (χ0v) is 18.8. The van der Waals surface area contributed by atoms with Gasteiger partial charge in [0.1, 0.15) is 12.2 Å². The van der Waals surface area contributed by atoms with Crippen LogP contribution in [0.3, 0.4) is 0 Å². The van der Waals surface area contributed by atoms with Gasteiger partial charge in [-0.25, -0.2) is 0 Å². The first kappa shape index (κ1) is 21.9. The number of H-pyrrole nitrogens is 1. The molecule has 3 heterocycles. The van der Waals surface area contributed by atoms with E-state index in [-0.39, 0.29) is 6.61 Å². The average Bonchev–Trinajstić information content (AvgIpc) is 3.22. The summed E-state index contributed by atoms with van der Waals surface area (Å²) in [6.07, 6.45) is -1.52. The molecule has 0 aliphatic carbocycles. The molecule has 5 rings (SSSR count). The van der Waals surface area contributed by atoms with Gasteiger partial charge in [0, 0.05) is 10.9 Å². The molecule has 32 heavy (non-hydrogen) atoms. The summed E-state index contributed by atoms with van der Waals surface area (Å²) in [7, 11) is 0. The van der Waals surface area contributed by atoms with E-state index in [1.165, 1.54) is 22.9 Å². The summed E-state index contributed by atoms with van der Waals surface area (Å²) >= 11 is 1.18. The number of aliphatic hydroxyl groups is 4. The highest BCUT2D eigenvalue weighted by Crippen LogP contribution is 2.53. The van der Waals surface area contributed by atoms with Crippen molar-refractivity contribution < 1.29 is 25.2 Å². The number of aryl methyl sites for hydroxylation is 1. The van der Waals surface area contributed by atoms with Crippen LogP contribution in [0.15, 0.2) is 42.5 Å². The van der Waals surface area contributed by atoms with Gasteiger partial charge in [-0.3, -0.25) is 0 Å². The summed E-state index contributed by atoms with van der Waals surface area (Å²) in [6, 6.07) is 14.9. The number of thioether (sulfide) groups is 1. The number of aromatic nitrogens is 1. The molecule has 7 heteroatoms. The summed E-state index contributed by atoms with van der Waals surface area (Å²) in [4.78, 5) is 2.25. The van der Waals surface area contributed by atoms with Crippen molar-refractivity contribution in [3.8, 4) is 0 Å². The van der Waals surface area contributed by atoms with Crippen molar-refractivity contribution >= 4 is 22.7 Å². The Balaban J connectivity index is 1.59. The third-order valence-corrected chi connectivity index (χ3v) is 8.46. The number of aliphatic hydroxyl groups excluding tert-OH is 4. The Morgan fingerprint density at radius 2 is 1.81 bits per heavy atom. The van der Waals surface area contributed by atoms with Gasteiger partial charge in [0.05, 0.1) is 30.3 Å².